The van der Waals surface area contributed by atoms with Crippen LogP contribution in [0.2, 0.25) is 0 Å². The molecule has 0 amide bonds. The van der Waals surface area contributed by atoms with Crippen molar-refractivity contribution in [2.45, 2.75) is 13.1 Å². The first-order valence-electron chi connectivity index (χ1n) is 3.64. The Morgan fingerprint density at radius 2 is 2.30 bits per heavy atom. The second kappa shape index (κ2) is 3.01. The van der Waals surface area contributed by atoms with Crippen LogP contribution < -0.4 is 0 Å². The molecule has 0 fully saturated rings. The van der Waals surface area contributed by atoms with Crippen LogP contribution in [0.3, 0.4) is 0 Å². The fraction of sp³-hybridized carbons (Fsp3) is 0.857. The molecule has 0 spiro atoms. The van der Waals surface area contributed by atoms with Crippen LogP contribution in [0.1, 0.15) is 6.92 Å². The molecule has 0 radical (unpaired) electrons. The summed E-state index contributed by atoms with van der Waals surface area (Å²) >= 11 is 0. The van der Waals surface area contributed by atoms with E-state index in [2.05, 4.69) is 35.8 Å². The van der Waals surface area contributed by atoms with Crippen molar-refractivity contribution in [3.8, 4) is 0 Å². The molecule has 1 atom stereocenters. The van der Waals surface area contributed by atoms with Crippen molar-refractivity contribution < 1.29 is 0 Å². The van der Waals surface area contributed by atoms with Gasteiger partial charge in [0.15, 0.2) is 0 Å². The van der Waals surface area contributed by atoms with Crippen LogP contribution >= 0.6 is 0 Å². The van der Waals surface area contributed by atoms with Crippen LogP contribution in [0.15, 0.2) is 4.99 Å². The predicted octanol–water partition coefficient (Wildman–Crippen LogP) is 0.238. The number of hydrogen-bond donors (Lipinski definition) is 0. The third-order valence-electron chi connectivity index (χ3n) is 1.94. The van der Waals surface area contributed by atoms with Gasteiger partial charge >= 0.3 is 0 Å². The maximum absolute atomic E-state index is 4.14. The Morgan fingerprint density at radius 3 is 2.70 bits per heavy atom. The van der Waals surface area contributed by atoms with Crippen molar-refractivity contribution in [3.05, 3.63) is 0 Å². The molecular formula is C7H15N3. The molecule has 10 heavy (non-hydrogen) atoms. The molecule has 1 unspecified atom stereocenters. The van der Waals surface area contributed by atoms with Crippen molar-refractivity contribution in [1.82, 2.24) is 9.80 Å². The van der Waals surface area contributed by atoms with E-state index in [0.717, 1.165) is 13.1 Å². The van der Waals surface area contributed by atoms with E-state index in [0.29, 0.717) is 6.17 Å². The van der Waals surface area contributed by atoms with E-state index in [1.54, 1.807) is 0 Å². The number of aliphatic imine (C=N–C) groups is 1. The molecule has 1 rings (SSSR count). The number of rotatable bonds is 2. The van der Waals surface area contributed by atoms with E-state index in [-0.39, 0.29) is 0 Å². The van der Waals surface area contributed by atoms with E-state index >= 15 is 0 Å². The zero-order valence-corrected chi connectivity index (χ0v) is 6.91. The molecule has 58 valence electrons. The maximum Gasteiger partial charge on any atom is 0.0863 e. The van der Waals surface area contributed by atoms with Crippen molar-refractivity contribution >= 4 is 6.34 Å². The van der Waals surface area contributed by atoms with Gasteiger partial charge < -0.3 is 4.90 Å². The first kappa shape index (κ1) is 7.54. The highest BCUT2D eigenvalue weighted by Gasteiger charge is 2.14. The van der Waals surface area contributed by atoms with E-state index in [1.165, 1.54) is 0 Å². The normalized spacial score (nSPS) is 20.6. The summed E-state index contributed by atoms with van der Waals surface area (Å²) in [6, 6.07) is 0. The van der Waals surface area contributed by atoms with Crippen LogP contribution in [0.4, 0.5) is 0 Å². The second-order valence-electron chi connectivity index (χ2n) is 2.85. The monoisotopic (exact) mass is 141 g/mol. The third-order valence-corrected chi connectivity index (χ3v) is 1.94. The van der Waals surface area contributed by atoms with E-state index in [9.17, 15) is 0 Å². The highest BCUT2D eigenvalue weighted by atomic mass is 15.3. The summed E-state index contributed by atoms with van der Waals surface area (Å²) in [7, 11) is 4.16. The van der Waals surface area contributed by atoms with Gasteiger partial charge in [0.05, 0.1) is 19.0 Å². The fourth-order valence-electron chi connectivity index (χ4n) is 0.973. The van der Waals surface area contributed by atoms with Gasteiger partial charge in [-0.2, -0.15) is 0 Å². The summed E-state index contributed by atoms with van der Waals surface area (Å²) in [5, 5.41) is 0. The quantitative estimate of drug-likeness (QED) is 0.548. The van der Waals surface area contributed by atoms with Gasteiger partial charge in [-0.1, -0.05) is 0 Å². The Kier molecular flexibility index (Phi) is 2.27. The summed E-state index contributed by atoms with van der Waals surface area (Å²) in [5.74, 6) is 0. The minimum absolute atomic E-state index is 0.478. The Bertz CT molecular complexity index is 131. The molecule has 0 aliphatic carbocycles. The van der Waals surface area contributed by atoms with Gasteiger partial charge in [0.2, 0.25) is 0 Å². The highest BCUT2D eigenvalue weighted by Crippen LogP contribution is 2.02. The van der Waals surface area contributed by atoms with E-state index < -0.39 is 0 Å². The Morgan fingerprint density at radius 1 is 1.60 bits per heavy atom. The van der Waals surface area contributed by atoms with Crippen molar-refractivity contribution in [3.63, 3.8) is 0 Å². The summed E-state index contributed by atoms with van der Waals surface area (Å²) < 4.78 is 0. The topological polar surface area (TPSA) is 18.8 Å². The van der Waals surface area contributed by atoms with Crippen molar-refractivity contribution in [2.24, 2.45) is 4.99 Å². The maximum atomic E-state index is 4.14. The van der Waals surface area contributed by atoms with Crippen LogP contribution in [0.25, 0.3) is 0 Å². The van der Waals surface area contributed by atoms with E-state index in [1.807, 2.05) is 6.34 Å². The fourth-order valence-corrected chi connectivity index (χ4v) is 0.973. The molecular weight excluding hydrogens is 126 g/mol. The third kappa shape index (κ3) is 1.48. The Balaban J connectivity index is 2.40. The van der Waals surface area contributed by atoms with Gasteiger partial charge in [0.25, 0.3) is 0 Å². The lowest BCUT2D eigenvalue weighted by molar-refractivity contribution is 0.176. The zero-order valence-electron chi connectivity index (χ0n) is 6.91. The molecule has 3 heteroatoms. The van der Waals surface area contributed by atoms with Crippen molar-refractivity contribution in [1.29, 1.82) is 0 Å². The van der Waals surface area contributed by atoms with Gasteiger partial charge in [-0.3, -0.25) is 9.89 Å². The van der Waals surface area contributed by atoms with Crippen molar-refractivity contribution in [2.75, 3.05) is 27.2 Å². The minimum atomic E-state index is 0.478. The average Bonchev–Trinajstić information content (AvgIpc) is 2.36. The largest absolute Gasteiger partial charge is 0.346 e. The minimum Gasteiger partial charge on any atom is -0.346 e. The highest BCUT2D eigenvalue weighted by molar-refractivity contribution is 5.57. The molecule has 0 aromatic rings. The predicted molar refractivity (Wildman–Crippen MR) is 43.2 cm³/mol. The molecule has 0 bridgehead atoms. The molecule has 1 heterocycles. The molecule has 0 N–H and O–H groups in total. The van der Waals surface area contributed by atoms with Crippen LogP contribution in [0.5, 0.6) is 0 Å². The summed E-state index contributed by atoms with van der Waals surface area (Å²) in [4.78, 5) is 8.56. The first-order chi connectivity index (χ1) is 4.72. The summed E-state index contributed by atoms with van der Waals surface area (Å²) in [6.45, 7) is 4.20. The van der Waals surface area contributed by atoms with Gasteiger partial charge in [0, 0.05) is 6.54 Å². The number of hydrogen-bond acceptors (Lipinski definition) is 3. The molecule has 1 aliphatic heterocycles. The van der Waals surface area contributed by atoms with E-state index in [4.69, 9.17) is 0 Å². The second-order valence-corrected chi connectivity index (χ2v) is 2.85. The molecule has 0 aromatic carbocycles. The Hall–Kier alpha value is -0.570. The number of nitrogens with zero attached hydrogens (tertiary/aromatic N) is 3. The molecule has 0 saturated carbocycles. The summed E-state index contributed by atoms with van der Waals surface area (Å²) in [5.41, 5.74) is 0. The van der Waals surface area contributed by atoms with Gasteiger partial charge in [-0.25, -0.2) is 0 Å². The lowest BCUT2D eigenvalue weighted by atomic mass is 10.4. The SMILES string of the molecule is CC(N(C)C)N1C=NCC1. The zero-order chi connectivity index (χ0) is 7.56. The van der Waals surface area contributed by atoms with Crippen LogP contribution in [-0.2, 0) is 0 Å². The summed E-state index contributed by atoms with van der Waals surface area (Å²) in [6.07, 6.45) is 2.41. The van der Waals surface area contributed by atoms with Crippen LogP contribution in [0, 0.1) is 0 Å². The molecule has 3 nitrogen and oxygen atoms in total. The average molecular weight is 141 g/mol. The smallest absolute Gasteiger partial charge is 0.0863 e. The molecule has 0 aromatic heterocycles. The lowest BCUT2D eigenvalue weighted by Crippen LogP contribution is -2.40. The van der Waals surface area contributed by atoms with Crippen LogP contribution in [-0.4, -0.2) is 49.5 Å². The van der Waals surface area contributed by atoms with Gasteiger partial charge in [-0.05, 0) is 21.0 Å². The molecule has 0 saturated heterocycles. The van der Waals surface area contributed by atoms with Gasteiger partial charge in [-0.15, -0.1) is 0 Å². The molecule has 1 aliphatic rings. The lowest BCUT2D eigenvalue weighted by Gasteiger charge is -2.28. The van der Waals surface area contributed by atoms with Gasteiger partial charge in [0.1, 0.15) is 0 Å². The standard InChI is InChI=1S/C7H15N3/c1-7(9(2)3)10-5-4-8-6-10/h6-7H,4-5H2,1-3H3. The Labute approximate surface area is 62.3 Å². The first-order valence-corrected chi connectivity index (χ1v) is 3.64.